The molecule has 0 radical (unpaired) electrons. The van der Waals surface area contributed by atoms with Crippen LogP contribution in [0.4, 0.5) is 0 Å². The molecule has 108 valence electrons. The molecule has 4 atom stereocenters. The molecule has 18 heavy (non-hydrogen) atoms. The van der Waals surface area contributed by atoms with E-state index in [4.69, 9.17) is 21.4 Å². The largest absolute Gasteiger partial charge is 0.481 e. The van der Waals surface area contributed by atoms with Crippen molar-refractivity contribution in [3.05, 3.63) is 0 Å². The fourth-order valence-electron chi connectivity index (χ4n) is 0.793. The summed E-state index contributed by atoms with van der Waals surface area (Å²) in [6.45, 7) is -0.986. The number of carbonyl (C=O) groups is 1. The van der Waals surface area contributed by atoms with Crippen LogP contribution in [0.5, 0.6) is 0 Å². The minimum Gasteiger partial charge on any atom is -0.394 e. The molecule has 0 rings (SSSR count). The molecule has 0 aliphatic heterocycles. The molecular weight excluding hydrogens is 298 g/mol. The zero-order chi connectivity index (χ0) is 15.3. The van der Waals surface area contributed by atoms with Crippen LogP contribution in [0.25, 0.3) is 0 Å². The Morgan fingerprint density at radius 3 is 2.22 bits per heavy atom. The van der Waals surface area contributed by atoms with Crippen LogP contribution in [0.15, 0.2) is 0 Å². The zero-order valence-electron chi connectivity index (χ0n) is 9.60. The van der Waals surface area contributed by atoms with E-state index in [9.17, 15) is 19.0 Å². The number of aliphatic hydroxyl groups is 3. The molecule has 0 bridgehead atoms. The molecule has 0 spiro atoms. The van der Waals surface area contributed by atoms with Crippen molar-refractivity contribution >= 4 is 21.9 Å². The highest BCUT2D eigenvalue weighted by Crippen LogP contribution is 2.58. The lowest BCUT2D eigenvalue weighted by molar-refractivity contribution is -0.126. The van der Waals surface area contributed by atoms with Crippen molar-refractivity contribution in [1.29, 1.82) is 1.43 Å². The lowest BCUT2D eigenvalue weighted by atomic mass is 10.1. The Morgan fingerprint density at radius 2 is 1.89 bits per heavy atom. The Balaban J connectivity index is 4.97. The summed E-state index contributed by atoms with van der Waals surface area (Å²) >= 11 is 0. The molecule has 0 saturated carbocycles. The van der Waals surface area contributed by atoms with Gasteiger partial charge in [0.2, 0.25) is 1.43 Å². The van der Waals surface area contributed by atoms with Crippen molar-refractivity contribution in [3.8, 4) is 0 Å². The van der Waals surface area contributed by atoms with Crippen LogP contribution in [-0.4, -0.2) is 62.6 Å². The monoisotopic (exact) mass is 311 g/mol. The zero-order valence-corrected chi connectivity index (χ0v) is 10.4. The molecule has 0 amide bonds. The molecule has 11 nitrogen and oxygen atoms in total. The van der Waals surface area contributed by atoms with Crippen molar-refractivity contribution < 1.29 is 52.8 Å². The molecule has 0 aliphatic rings. The molecule has 6 N–H and O–H groups in total. The van der Waals surface area contributed by atoms with Crippen molar-refractivity contribution in [2.24, 2.45) is 0 Å². The van der Waals surface area contributed by atoms with Crippen molar-refractivity contribution in [3.63, 3.8) is 0 Å². The second-order valence-corrected chi connectivity index (χ2v) is 5.71. The van der Waals surface area contributed by atoms with E-state index < -0.39 is 40.6 Å². The number of aldehydes is 1. The van der Waals surface area contributed by atoms with Gasteiger partial charge in [-0.05, 0) is 0 Å². The van der Waals surface area contributed by atoms with Crippen LogP contribution in [0, 0.1) is 0 Å². The molecular formula is C5H12O11P2. The summed E-state index contributed by atoms with van der Waals surface area (Å²) < 4.78 is 35.9. The normalized spacial score (nSPS) is 21.5. The van der Waals surface area contributed by atoms with E-state index in [1.54, 1.807) is 0 Å². The molecule has 0 saturated heterocycles. The van der Waals surface area contributed by atoms with Gasteiger partial charge in [-0.2, -0.15) is 4.31 Å². The minimum absolute atomic E-state index is 0.196. The molecule has 1 unspecified atom stereocenters. The second-order valence-electron chi connectivity index (χ2n) is 2.97. The number of hydrogen-bond donors (Lipinski definition) is 6. The first-order valence-corrected chi connectivity index (χ1v) is 7.20. The van der Waals surface area contributed by atoms with Crippen LogP contribution >= 0.6 is 15.6 Å². The van der Waals surface area contributed by atoms with E-state index >= 15 is 0 Å². The first kappa shape index (κ1) is 15.9. The standard InChI is InChI=1S/C5H12O11P2/c6-1-3(8)5(9)4(2-7)15-18(13,14)16-17(10,11)12/h2-6,8-9H,1H2,(H,13,14)(H2,10,11,12)/t3-,4+,5+/m1/s1/i/hD. The van der Waals surface area contributed by atoms with Gasteiger partial charge in [0.1, 0.15) is 12.2 Å². The molecule has 0 heterocycles. The van der Waals surface area contributed by atoms with Crippen molar-refractivity contribution in [2.75, 3.05) is 6.61 Å². The van der Waals surface area contributed by atoms with Gasteiger partial charge in [-0.3, -0.25) is 4.52 Å². The highest BCUT2D eigenvalue weighted by molar-refractivity contribution is 7.60. The topological polar surface area (TPSA) is 191 Å². The van der Waals surface area contributed by atoms with E-state index in [1.807, 2.05) is 0 Å². The Labute approximate surface area is 102 Å². The molecule has 0 aromatic heterocycles. The Kier molecular flexibility index (Phi) is 6.02. The summed E-state index contributed by atoms with van der Waals surface area (Å²) in [5.74, 6) is 0. The first-order chi connectivity index (χ1) is 8.58. The number of phosphoric acid groups is 2. The predicted octanol–water partition coefficient (Wildman–Crippen LogP) is -2.51. The molecule has 0 fully saturated rings. The summed E-state index contributed by atoms with van der Waals surface area (Å²) in [6.07, 6.45) is -6.28. The minimum atomic E-state index is -5.37. The maximum atomic E-state index is 11.4. The van der Waals surface area contributed by atoms with Crippen molar-refractivity contribution in [1.82, 2.24) is 0 Å². The van der Waals surface area contributed by atoms with Gasteiger partial charge in [0.15, 0.2) is 12.4 Å². The molecule has 0 aliphatic carbocycles. The fraction of sp³-hybridized carbons (Fsp3) is 0.800. The van der Waals surface area contributed by atoms with Gasteiger partial charge in [-0.1, -0.05) is 0 Å². The van der Waals surface area contributed by atoms with E-state index in [0.717, 1.165) is 0 Å². The lowest BCUT2D eigenvalue weighted by Gasteiger charge is -2.23. The molecule has 0 aromatic carbocycles. The maximum Gasteiger partial charge on any atom is 0.481 e. The van der Waals surface area contributed by atoms with E-state index in [2.05, 4.69) is 13.7 Å². The second kappa shape index (κ2) is 6.83. The summed E-state index contributed by atoms with van der Waals surface area (Å²) in [5, 5.41) is 26.8. The average Bonchev–Trinajstić information content (AvgIpc) is 2.32. The number of carbonyl (C=O) groups excluding carboxylic acids is 1. The third-order valence-electron chi connectivity index (χ3n) is 1.51. The smallest absolute Gasteiger partial charge is 0.394 e. The van der Waals surface area contributed by atoms with Crippen LogP contribution in [0.3, 0.4) is 0 Å². The van der Waals surface area contributed by atoms with E-state index in [1.165, 1.54) is 0 Å². The summed E-state index contributed by atoms with van der Waals surface area (Å²) in [6, 6.07) is 0. The van der Waals surface area contributed by atoms with Gasteiger partial charge in [0.05, 0.1) is 6.61 Å². The van der Waals surface area contributed by atoms with Gasteiger partial charge in [0.25, 0.3) is 0 Å². The number of rotatable bonds is 9. The number of phosphoric ester groups is 1. The summed E-state index contributed by atoms with van der Waals surface area (Å²) in [7, 11) is -10.6. The lowest BCUT2D eigenvalue weighted by Crippen LogP contribution is -2.41. The number of aliphatic hydroxyl groups excluding tert-OH is 3. The van der Waals surface area contributed by atoms with Gasteiger partial charge in [-0.25, -0.2) is 9.13 Å². The van der Waals surface area contributed by atoms with Gasteiger partial charge < -0.3 is 34.8 Å². The molecule has 0 aromatic rings. The molecule has 13 heteroatoms. The SMILES string of the molecule is [2H]OP(=O)(O[C@@H](C=O)[C@@H](O)[C@H](O)CO)OP(=O)(O)O. The van der Waals surface area contributed by atoms with Gasteiger partial charge in [0, 0.05) is 0 Å². The quantitative estimate of drug-likeness (QED) is 0.195. The van der Waals surface area contributed by atoms with Gasteiger partial charge in [-0.15, -0.1) is 0 Å². The van der Waals surface area contributed by atoms with E-state index in [0.29, 0.717) is 0 Å². The van der Waals surface area contributed by atoms with Crippen LogP contribution in [0.1, 0.15) is 0 Å². The maximum absolute atomic E-state index is 11.4. The Morgan fingerprint density at radius 1 is 1.33 bits per heavy atom. The highest BCUT2D eigenvalue weighted by atomic mass is 31.3. The van der Waals surface area contributed by atoms with Crippen LogP contribution in [0.2, 0.25) is 0 Å². The third-order valence-corrected chi connectivity index (χ3v) is 3.66. The van der Waals surface area contributed by atoms with Crippen LogP contribution < -0.4 is 0 Å². The van der Waals surface area contributed by atoms with Gasteiger partial charge >= 0.3 is 15.6 Å². The Hall–Kier alpha value is -0.190. The Bertz CT molecular complexity index is 381. The predicted molar refractivity (Wildman–Crippen MR) is 53.0 cm³/mol. The number of hydrogen-bond acceptors (Lipinski definition) is 9. The van der Waals surface area contributed by atoms with E-state index in [-0.39, 0.29) is 6.29 Å². The first-order valence-electron chi connectivity index (χ1n) is 4.62. The van der Waals surface area contributed by atoms with Crippen LogP contribution in [-0.2, 0) is 22.8 Å². The highest BCUT2D eigenvalue weighted by Gasteiger charge is 2.38. The summed E-state index contributed by atoms with van der Waals surface area (Å²) in [4.78, 5) is 30.7. The van der Waals surface area contributed by atoms with Crippen molar-refractivity contribution in [2.45, 2.75) is 18.3 Å². The summed E-state index contributed by atoms with van der Waals surface area (Å²) in [5.41, 5.74) is 0. The third kappa shape index (κ3) is 6.66. The fourth-order valence-corrected chi connectivity index (χ4v) is 2.46. The average molecular weight is 311 g/mol.